The number of aryl methyl sites for hydroxylation is 1. The Hall–Kier alpha value is -4.24. The van der Waals surface area contributed by atoms with Crippen LogP contribution >= 0.6 is 34.0 Å². The van der Waals surface area contributed by atoms with Crippen molar-refractivity contribution in [2.75, 3.05) is 0 Å². The monoisotopic (exact) mass is 561 g/mol. The van der Waals surface area contributed by atoms with E-state index < -0.39 is 0 Å². The first-order valence-electron chi connectivity index (χ1n) is 12.1. The van der Waals surface area contributed by atoms with Gasteiger partial charge in [-0.3, -0.25) is 19.2 Å². The first-order valence-corrected chi connectivity index (χ1v) is 14.6. The molecule has 0 radical (unpaired) electrons. The molecule has 39 heavy (non-hydrogen) atoms. The molecule has 0 N–H and O–H groups in total. The molecule has 0 atom stereocenters. The maximum absolute atomic E-state index is 12.9. The summed E-state index contributed by atoms with van der Waals surface area (Å²) in [5.41, 5.74) is 4.43. The molecule has 4 aromatic heterocycles. The van der Waals surface area contributed by atoms with Crippen LogP contribution in [0.3, 0.4) is 0 Å². The number of aromatic nitrogens is 1. The predicted molar refractivity (Wildman–Crippen MR) is 158 cm³/mol. The van der Waals surface area contributed by atoms with Gasteiger partial charge in [0.15, 0.2) is 23.1 Å². The van der Waals surface area contributed by atoms with E-state index in [4.69, 9.17) is 0 Å². The van der Waals surface area contributed by atoms with Crippen molar-refractivity contribution in [1.82, 2.24) is 4.57 Å². The minimum absolute atomic E-state index is 0.210. The van der Waals surface area contributed by atoms with Gasteiger partial charge in [-0.15, -0.1) is 34.0 Å². The molecule has 8 heteroatoms. The number of hydrogen-bond donors (Lipinski definition) is 0. The summed E-state index contributed by atoms with van der Waals surface area (Å²) in [4.78, 5) is 53.1. The van der Waals surface area contributed by atoms with E-state index in [2.05, 4.69) is 4.57 Å². The van der Waals surface area contributed by atoms with E-state index >= 15 is 0 Å². The van der Waals surface area contributed by atoms with Crippen LogP contribution in [0.1, 0.15) is 51.2 Å². The largest absolute Gasteiger partial charge is 0.341 e. The summed E-state index contributed by atoms with van der Waals surface area (Å²) in [5, 5.41) is 0. The third-order valence-electron chi connectivity index (χ3n) is 7.38. The van der Waals surface area contributed by atoms with Gasteiger partial charge in [0.1, 0.15) is 0 Å². The Morgan fingerprint density at radius 3 is 1.56 bits per heavy atom. The van der Waals surface area contributed by atoms with Crippen LogP contribution in [-0.2, 0) is 7.05 Å². The SMILES string of the molecule is Cn1c2cc(C=C3C(=O)c4ccccc4C3=O)sc2c2sc3cc(C=C4C(=O)c5ccccc5C4=O)sc3c21. The Bertz CT molecular complexity index is 2140. The highest BCUT2D eigenvalue weighted by atomic mass is 32.1. The zero-order valence-corrected chi connectivity index (χ0v) is 22.7. The number of Topliss-reactive ketones (excluding diaryl/α,β-unsaturated/α-hetero) is 4. The molecule has 4 heterocycles. The van der Waals surface area contributed by atoms with Crippen molar-refractivity contribution in [2.24, 2.45) is 7.05 Å². The molecule has 186 valence electrons. The van der Waals surface area contributed by atoms with E-state index in [1.807, 2.05) is 19.2 Å². The number of ketones is 4. The van der Waals surface area contributed by atoms with Crippen molar-refractivity contribution in [3.8, 4) is 0 Å². The number of thiophene rings is 3. The zero-order valence-electron chi connectivity index (χ0n) is 20.2. The molecule has 0 spiro atoms. The minimum atomic E-state index is -0.223. The second-order valence-corrected chi connectivity index (χ2v) is 12.8. The molecule has 0 aliphatic heterocycles. The summed E-state index contributed by atoms with van der Waals surface area (Å²) in [6.45, 7) is 0. The standard InChI is InChI=1S/C31H15NO4S3/c1-32-22-12-14(10-20-25(33)16-6-2-3-7-17(16)26(20)34)37-29(22)31-24(32)30-23(39-31)13-15(38-30)11-21-27(35)18-8-4-5-9-19(18)28(21)36/h2-13H,1H3. The lowest BCUT2D eigenvalue weighted by atomic mass is 10.1. The van der Waals surface area contributed by atoms with Crippen LogP contribution in [0, 0.1) is 0 Å². The van der Waals surface area contributed by atoms with Crippen LogP contribution < -0.4 is 0 Å². The smallest absolute Gasteiger partial charge is 0.197 e. The highest BCUT2D eigenvalue weighted by Crippen LogP contribution is 2.47. The second-order valence-electron chi connectivity index (χ2n) is 9.57. The van der Waals surface area contributed by atoms with E-state index in [9.17, 15) is 19.2 Å². The molecule has 0 bridgehead atoms. The van der Waals surface area contributed by atoms with Crippen LogP contribution in [0.2, 0.25) is 0 Å². The molecule has 0 saturated heterocycles. The maximum Gasteiger partial charge on any atom is 0.197 e. The molecular formula is C31H15NO4S3. The molecule has 0 unspecified atom stereocenters. The Labute approximate surface area is 232 Å². The van der Waals surface area contributed by atoms with Crippen LogP contribution in [0.15, 0.2) is 71.8 Å². The third kappa shape index (κ3) is 3.04. The Morgan fingerprint density at radius 1 is 0.590 bits per heavy atom. The predicted octanol–water partition coefficient (Wildman–Crippen LogP) is 7.59. The van der Waals surface area contributed by atoms with Gasteiger partial charge in [0, 0.05) is 43.8 Å². The van der Waals surface area contributed by atoms with Crippen molar-refractivity contribution < 1.29 is 19.2 Å². The van der Waals surface area contributed by atoms with E-state index in [0.717, 1.165) is 39.6 Å². The molecule has 2 aliphatic rings. The van der Waals surface area contributed by atoms with Crippen LogP contribution in [0.4, 0.5) is 0 Å². The van der Waals surface area contributed by atoms with Crippen molar-refractivity contribution in [3.63, 3.8) is 0 Å². The van der Waals surface area contributed by atoms with Gasteiger partial charge in [-0.1, -0.05) is 48.5 Å². The van der Waals surface area contributed by atoms with Gasteiger partial charge in [-0.25, -0.2) is 0 Å². The topological polar surface area (TPSA) is 73.2 Å². The molecule has 0 fully saturated rings. The van der Waals surface area contributed by atoms with Gasteiger partial charge in [0.05, 0.1) is 36.3 Å². The van der Waals surface area contributed by atoms with Gasteiger partial charge in [-0.2, -0.15) is 0 Å². The molecule has 2 aliphatic carbocycles. The van der Waals surface area contributed by atoms with Crippen LogP contribution in [0.5, 0.6) is 0 Å². The summed E-state index contributed by atoms with van der Waals surface area (Å²) in [5.74, 6) is -0.890. The number of allylic oxidation sites excluding steroid dienone is 2. The third-order valence-corrected chi connectivity index (χ3v) is 11.0. The number of carbonyl (C=O) groups is 4. The summed E-state index contributed by atoms with van der Waals surface area (Å²) < 4.78 is 6.61. The fourth-order valence-electron chi connectivity index (χ4n) is 5.52. The number of rotatable bonds is 2. The van der Waals surface area contributed by atoms with Crippen LogP contribution in [0.25, 0.3) is 42.0 Å². The Kier molecular flexibility index (Phi) is 4.60. The van der Waals surface area contributed by atoms with Gasteiger partial charge < -0.3 is 4.57 Å². The lowest BCUT2D eigenvalue weighted by molar-refractivity contribution is 0.0975. The quantitative estimate of drug-likeness (QED) is 0.161. The van der Waals surface area contributed by atoms with Crippen molar-refractivity contribution in [2.45, 2.75) is 0 Å². The van der Waals surface area contributed by atoms with Gasteiger partial charge in [0.25, 0.3) is 0 Å². The number of nitrogens with zero attached hydrogens (tertiary/aromatic N) is 1. The van der Waals surface area contributed by atoms with Crippen molar-refractivity contribution in [3.05, 3.63) is 104 Å². The zero-order chi connectivity index (χ0) is 26.6. The molecule has 2 aromatic carbocycles. The molecule has 8 rings (SSSR count). The van der Waals surface area contributed by atoms with Gasteiger partial charge in [0.2, 0.25) is 0 Å². The first-order chi connectivity index (χ1) is 18.9. The number of benzene rings is 2. The normalized spacial score (nSPS) is 14.9. The molecule has 0 saturated carbocycles. The fourth-order valence-corrected chi connectivity index (χ4v) is 9.44. The molecule has 5 nitrogen and oxygen atoms in total. The molecule has 6 aromatic rings. The fraction of sp³-hybridized carbons (Fsp3) is 0.0323. The lowest BCUT2D eigenvalue weighted by Gasteiger charge is -1.95. The van der Waals surface area contributed by atoms with E-state index in [1.165, 1.54) is 0 Å². The van der Waals surface area contributed by atoms with E-state index in [0.29, 0.717) is 22.3 Å². The van der Waals surface area contributed by atoms with Crippen molar-refractivity contribution in [1.29, 1.82) is 0 Å². The second kappa shape index (κ2) is 7.89. The van der Waals surface area contributed by atoms with E-state index in [-0.39, 0.29) is 34.3 Å². The number of hydrogen-bond acceptors (Lipinski definition) is 7. The van der Waals surface area contributed by atoms with E-state index in [1.54, 1.807) is 94.7 Å². The average Bonchev–Trinajstić information content (AvgIpc) is 3.75. The Morgan fingerprint density at radius 2 is 1.05 bits per heavy atom. The molecular weight excluding hydrogens is 547 g/mol. The van der Waals surface area contributed by atoms with Crippen molar-refractivity contribution >= 4 is 99.1 Å². The van der Waals surface area contributed by atoms with Gasteiger partial charge >= 0.3 is 0 Å². The minimum Gasteiger partial charge on any atom is -0.341 e. The van der Waals surface area contributed by atoms with Gasteiger partial charge in [-0.05, 0) is 24.3 Å². The highest BCUT2D eigenvalue weighted by Gasteiger charge is 2.34. The lowest BCUT2D eigenvalue weighted by Crippen LogP contribution is -1.99. The van der Waals surface area contributed by atoms with Crippen LogP contribution in [-0.4, -0.2) is 27.7 Å². The Balaban J connectivity index is 1.20. The summed E-state index contributed by atoms with van der Waals surface area (Å²) in [6.07, 6.45) is 3.44. The number of carbonyl (C=O) groups excluding carboxylic acids is 4. The first kappa shape index (κ1) is 22.7. The highest BCUT2D eigenvalue weighted by molar-refractivity contribution is 7.35. The maximum atomic E-state index is 12.9. The summed E-state index contributed by atoms with van der Waals surface area (Å²) in [7, 11) is 2.01. The molecule has 0 amide bonds. The summed E-state index contributed by atoms with van der Waals surface area (Å²) in [6, 6.07) is 18.0. The number of fused-ring (bicyclic) bond motifs is 7. The summed E-state index contributed by atoms with van der Waals surface area (Å²) >= 11 is 4.82. The average molecular weight is 562 g/mol.